The van der Waals surface area contributed by atoms with E-state index >= 15 is 0 Å². The van der Waals surface area contributed by atoms with Crippen LogP contribution in [0, 0.1) is 5.92 Å². The van der Waals surface area contributed by atoms with Gasteiger partial charge in [-0.3, -0.25) is 4.79 Å². The second-order valence-corrected chi connectivity index (χ2v) is 9.36. The van der Waals surface area contributed by atoms with Crippen molar-refractivity contribution in [2.24, 2.45) is 5.92 Å². The van der Waals surface area contributed by atoms with Crippen molar-refractivity contribution >= 4 is 21.8 Å². The monoisotopic (exact) mass is 414 g/mol. The van der Waals surface area contributed by atoms with Gasteiger partial charge in [-0.25, -0.2) is 0 Å². The Kier molecular flexibility index (Phi) is 4.47. The number of benzene rings is 2. The van der Waals surface area contributed by atoms with E-state index in [1.54, 1.807) is 6.07 Å². The lowest BCUT2D eigenvalue weighted by Gasteiger charge is -2.40. The first kappa shape index (κ1) is 18.8. The molecule has 4 heterocycles. The maximum absolute atomic E-state index is 12.3. The number of aromatic nitrogens is 2. The van der Waals surface area contributed by atoms with E-state index < -0.39 is 6.10 Å². The zero-order chi connectivity index (χ0) is 20.9. The summed E-state index contributed by atoms with van der Waals surface area (Å²) in [6.07, 6.45) is 0.752. The number of aliphatic hydroxyl groups is 1. The van der Waals surface area contributed by atoms with Gasteiger partial charge < -0.3 is 19.1 Å². The van der Waals surface area contributed by atoms with Gasteiger partial charge >= 0.3 is 0 Å². The van der Waals surface area contributed by atoms with Crippen LogP contribution in [0.4, 0.5) is 0 Å². The van der Waals surface area contributed by atoms with Crippen LogP contribution < -0.4 is 10.5 Å². The number of quaternary nitrogens is 1. The van der Waals surface area contributed by atoms with Crippen LogP contribution in [0.1, 0.15) is 18.0 Å². The van der Waals surface area contributed by atoms with E-state index in [1.165, 1.54) is 32.4 Å². The first-order valence-corrected chi connectivity index (χ1v) is 11.3. The third kappa shape index (κ3) is 3.20. The Hall–Kier alpha value is -2.89. The normalized spacial score (nSPS) is 23.7. The van der Waals surface area contributed by atoms with Crippen molar-refractivity contribution in [3.63, 3.8) is 0 Å². The summed E-state index contributed by atoms with van der Waals surface area (Å²) in [5.41, 5.74) is 3.67. The number of nitrogens with one attached hydrogen (secondary N) is 1. The molecule has 2 aromatic carbocycles. The van der Waals surface area contributed by atoms with E-state index in [-0.39, 0.29) is 5.56 Å². The molecular formula is C26H28N3O2+. The van der Waals surface area contributed by atoms with E-state index in [2.05, 4.69) is 59.2 Å². The van der Waals surface area contributed by atoms with Gasteiger partial charge in [-0.2, -0.15) is 0 Å². The van der Waals surface area contributed by atoms with E-state index in [4.69, 9.17) is 0 Å². The predicted octanol–water partition coefficient (Wildman–Crippen LogP) is 2.02. The van der Waals surface area contributed by atoms with Crippen molar-refractivity contribution < 1.29 is 10.0 Å². The number of rotatable bonds is 4. The molecular weight excluding hydrogens is 386 g/mol. The number of likely N-dealkylation sites (tertiary alicyclic amines) is 1. The van der Waals surface area contributed by atoms with Crippen LogP contribution >= 0.6 is 0 Å². The van der Waals surface area contributed by atoms with Crippen molar-refractivity contribution in [2.75, 3.05) is 19.6 Å². The average molecular weight is 415 g/mol. The van der Waals surface area contributed by atoms with Gasteiger partial charge in [0.15, 0.2) is 0 Å². The van der Waals surface area contributed by atoms with Gasteiger partial charge in [-0.15, -0.1) is 0 Å². The van der Waals surface area contributed by atoms with Gasteiger partial charge in [0.25, 0.3) is 5.56 Å². The molecule has 5 heteroatoms. The molecule has 1 unspecified atom stereocenters. The van der Waals surface area contributed by atoms with Crippen molar-refractivity contribution in [2.45, 2.75) is 31.5 Å². The standard InChI is InChI=1S/C26H27N3O2/c30-20(17-28-24-8-3-1-6-21(24)22-7-2-4-9-25(22)28)16-27-13-18-12-19(15-27)23-10-5-11-26(31)29(23)14-18/h1-11,18-20,30H,12-17H2/p+1/t18-,19+,20-/m0/s1. The van der Waals surface area contributed by atoms with Crippen LogP contribution in [0.15, 0.2) is 71.5 Å². The Labute approximate surface area is 181 Å². The van der Waals surface area contributed by atoms with E-state index in [0.717, 1.165) is 32.6 Å². The first-order valence-electron chi connectivity index (χ1n) is 11.3. The Morgan fingerprint density at radius 1 is 0.935 bits per heavy atom. The molecule has 0 radical (unpaired) electrons. The number of piperidine rings is 1. The SMILES string of the molecule is O=c1cccc2n1C[C@H]1C[C@@H]2C[NH+](C[C@H](O)Cn2c3ccccc3c3ccccc32)C1. The lowest BCUT2D eigenvalue weighted by atomic mass is 9.83. The van der Waals surface area contributed by atoms with Crippen LogP contribution in [0.2, 0.25) is 0 Å². The number of hydrogen-bond donors (Lipinski definition) is 2. The molecule has 2 aromatic heterocycles. The van der Waals surface area contributed by atoms with Gasteiger partial charge in [0.2, 0.25) is 0 Å². The Balaban J connectivity index is 1.24. The van der Waals surface area contributed by atoms with Crippen LogP contribution in [0.3, 0.4) is 0 Å². The molecule has 0 spiro atoms. The lowest BCUT2D eigenvalue weighted by Crippen LogP contribution is -3.15. The van der Waals surface area contributed by atoms with Gasteiger partial charge in [0.05, 0.1) is 19.6 Å². The molecule has 1 fully saturated rings. The summed E-state index contributed by atoms with van der Waals surface area (Å²) in [6.45, 7) is 4.18. The van der Waals surface area contributed by atoms with Crippen LogP contribution in [0.25, 0.3) is 21.8 Å². The minimum atomic E-state index is -0.411. The maximum atomic E-state index is 12.3. The minimum absolute atomic E-state index is 0.127. The highest BCUT2D eigenvalue weighted by molar-refractivity contribution is 6.07. The summed E-state index contributed by atoms with van der Waals surface area (Å²) < 4.78 is 4.25. The summed E-state index contributed by atoms with van der Waals surface area (Å²) in [7, 11) is 0. The third-order valence-electron chi connectivity index (χ3n) is 7.27. The van der Waals surface area contributed by atoms with E-state index in [0.29, 0.717) is 18.4 Å². The molecule has 0 saturated carbocycles. The molecule has 2 aliphatic heterocycles. The van der Waals surface area contributed by atoms with Gasteiger partial charge in [-0.05, 0) is 24.6 Å². The minimum Gasteiger partial charge on any atom is -0.385 e. The average Bonchev–Trinajstić information content (AvgIpc) is 3.08. The highest BCUT2D eigenvalue weighted by Crippen LogP contribution is 2.31. The topological polar surface area (TPSA) is 51.6 Å². The molecule has 31 heavy (non-hydrogen) atoms. The number of aliphatic hydroxyl groups excluding tert-OH is 1. The third-order valence-corrected chi connectivity index (χ3v) is 7.27. The molecule has 1 saturated heterocycles. The summed E-state index contributed by atoms with van der Waals surface area (Å²) >= 11 is 0. The molecule has 6 rings (SSSR count). The zero-order valence-electron chi connectivity index (χ0n) is 17.6. The Bertz CT molecular complexity index is 1270. The highest BCUT2D eigenvalue weighted by Gasteiger charge is 2.37. The zero-order valence-corrected chi connectivity index (χ0v) is 17.6. The fourth-order valence-electron chi connectivity index (χ4n) is 6.09. The first-order chi connectivity index (χ1) is 15.2. The summed E-state index contributed by atoms with van der Waals surface area (Å²) in [5, 5.41) is 13.6. The molecule has 4 aromatic rings. The quantitative estimate of drug-likeness (QED) is 0.537. The van der Waals surface area contributed by atoms with Crippen molar-refractivity contribution in [3.05, 3.63) is 82.8 Å². The van der Waals surface area contributed by atoms with Crippen LogP contribution in [-0.4, -0.2) is 40.0 Å². The molecule has 2 bridgehead atoms. The second kappa shape index (κ2) is 7.36. The largest absolute Gasteiger partial charge is 0.385 e. The highest BCUT2D eigenvalue weighted by atomic mass is 16.3. The van der Waals surface area contributed by atoms with E-state index in [9.17, 15) is 9.90 Å². The molecule has 158 valence electrons. The summed E-state index contributed by atoms with van der Waals surface area (Å²) in [6, 6.07) is 22.6. The van der Waals surface area contributed by atoms with Gasteiger partial charge in [-0.1, -0.05) is 42.5 Å². The van der Waals surface area contributed by atoms with Crippen LogP contribution in [-0.2, 0) is 13.1 Å². The van der Waals surface area contributed by atoms with E-state index in [1.807, 2.05) is 10.6 Å². The summed E-state index contributed by atoms with van der Waals surface area (Å²) in [4.78, 5) is 13.7. The Morgan fingerprint density at radius 3 is 2.39 bits per heavy atom. The number of hydrogen-bond acceptors (Lipinski definition) is 2. The molecule has 2 N–H and O–H groups in total. The summed E-state index contributed by atoms with van der Waals surface area (Å²) in [5.74, 6) is 0.929. The number of pyridine rings is 1. The van der Waals surface area contributed by atoms with Gasteiger partial charge in [0.1, 0.15) is 12.6 Å². The fraction of sp³-hybridized carbons (Fsp3) is 0.346. The molecule has 4 atom stereocenters. The molecule has 0 amide bonds. The van der Waals surface area contributed by atoms with Crippen molar-refractivity contribution in [1.82, 2.24) is 9.13 Å². The van der Waals surface area contributed by atoms with Crippen molar-refractivity contribution in [1.29, 1.82) is 0 Å². The Morgan fingerprint density at radius 2 is 1.65 bits per heavy atom. The van der Waals surface area contributed by atoms with Crippen LogP contribution in [0.5, 0.6) is 0 Å². The fourth-order valence-corrected chi connectivity index (χ4v) is 6.09. The number of para-hydroxylation sites is 2. The van der Waals surface area contributed by atoms with Crippen molar-refractivity contribution in [3.8, 4) is 0 Å². The smallest absolute Gasteiger partial charge is 0.250 e. The maximum Gasteiger partial charge on any atom is 0.250 e. The van der Waals surface area contributed by atoms with Gasteiger partial charge in [0, 0.05) is 51.9 Å². The molecule has 0 aliphatic carbocycles. The second-order valence-electron chi connectivity index (χ2n) is 9.36. The molecule has 2 aliphatic rings. The molecule has 5 nitrogen and oxygen atoms in total. The number of fused-ring (bicyclic) bond motifs is 7. The predicted molar refractivity (Wildman–Crippen MR) is 123 cm³/mol. The number of nitrogens with zero attached hydrogens (tertiary/aromatic N) is 2. The lowest BCUT2D eigenvalue weighted by molar-refractivity contribution is -0.914.